The van der Waals surface area contributed by atoms with Crippen LogP contribution in [0.15, 0.2) is 84.9 Å². The van der Waals surface area contributed by atoms with E-state index in [2.05, 4.69) is 41.0 Å². The molecule has 0 bridgehead atoms. The molecule has 0 aliphatic rings. The van der Waals surface area contributed by atoms with E-state index in [9.17, 15) is 10.0 Å². The fourth-order valence-electron chi connectivity index (χ4n) is 3.93. The molecule has 1 heterocycles. The first kappa shape index (κ1) is 15.2. The third-order valence-electron chi connectivity index (χ3n) is 5.01. The first-order chi connectivity index (χ1) is 12.8. The molecule has 0 amide bonds. The van der Waals surface area contributed by atoms with E-state index in [1.54, 1.807) is 6.07 Å². The van der Waals surface area contributed by atoms with Gasteiger partial charge in [0.05, 0.1) is 11.0 Å². The Bertz CT molecular complexity index is 1260. The quantitative estimate of drug-likeness (QED) is 0.483. The lowest BCUT2D eigenvalue weighted by Crippen LogP contribution is -2.30. The van der Waals surface area contributed by atoms with Crippen LogP contribution in [0.1, 0.15) is 0 Å². The summed E-state index contributed by atoms with van der Waals surface area (Å²) in [6, 6.07) is 28.3. The summed E-state index contributed by atoms with van der Waals surface area (Å²) in [5.74, 6) is 0. The molecule has 0 radical (unpaired) electrons. The highest BCUT2D eigenvalue weighted by Crippen LogP contribution is 2.35. The Hall–Kier alpha value is -3.08. The molecular formula is C22H16BNO2. The molecule has 0 spiro atoms. The van der Waals surface area contributed by atoms with E-state index in [4.69, 9.17) is 0 Å². The Morgan fingerprint density at radius 1 is 0.615 bits per heavy atom. The molecule has 26 heavy (non-hydrogen) atoms. The van der Waals surface area contributed by atoms with Crippen molar-refractivity contribution >= 4 is 45.2 Å². The number of aromatic nitrogens is 1. The van der Waals surface area contributed by atoms with Gasteiger partial charge in [-0.25, -0.2) is 0 Å². The highest BCUT2D eigenvalue weighted by molar-refractivity contribution is 6.63. The Balaban J connectivity index is 2.09. The van der Waals surface area contributed by atoms with Crippen molar-refractivity contribution in [3.63, 3.8) is 0 Å². The Kier molecular flexibility index (Phi) is 3.35. The van der Waals surface area contributed by atoms with Crippen molar-refractivity contribution in [1.82, 2.24) is 4.57 Å². The monoisotopic (exact) mass is 337 g/mol. The van der Waals surface area contributed by atoms with Gasteiger partial charge in [-0.3, -0.25) is 0 Å². The summed E-state index contributed by atoms with van der Waals surface area (Å²) in [4.78, 5) is 0. The lowest BCUT2D eigenvalue weighted by Gasteiger charge is -2.08. The summed E-state index contributed by atoms with van der Waals surface area (Å²) in [7, 11) is -1.52. The number of hydrogen-bond acceptors (Lipinski definition) is 2. The van der Waals surface area contributed by atoms with Crippen molar-refractivity contribution in [2.24, 2.45) is 0 Å². The lowest BCUT2D eigenvalue weighted by molar-refractivity contribution is 0.426. The van der Waals surface area contributed by atoms with Crippen molar-refractivity contribution in [3.05, 3.63) is 84.9 Å². The maximum atomic E-state index is 9.98. The van der Waals surface area contributed by atoms with E-state index in [-0.39, 0.29) is 0 Å². The zero-order chi connectivity index (χ0) is 17.7. The second-order valence-corrected chi connectivity index (χ2v) is 6.47. The maximum Gasteiger partial charge on any atom is 0.489 e. The Morgan fingerprint density at radius 3 is 2.15 bits per heavy atom. The summed E-state index contributed by atoms with van der Waals surface area (Å²) in [5, 5.41) is 24.1. The van der Waals surface area contributed by atoms with Gasteiger partial charge in [0.1, 0.15) is 0 Å². The molecule has 0 saturated carbocycles. The van der Waals surface area contributed by atoms with Crippen LogP contribution in [-0.4, -0.2) is 21.7 Å². The first-order valence-electron chi connectivity index (χ1n) is 8.62. The minimum absolute atomic E-state index is 0.526. The van der Waals surface area contributed by atoms with Gasteiger partial charge in [-0.05, 0) is 40.5 Å². The second kappa shape index (κ2) is 5.73. The third-order valence-corrected chi connectivity index (χ3v) is 5.01. The maximum absolute atomic E-state index is 9.98. The number of nitrogens with zero attached hydrogens (tertiary/aromatic N) is 1. The molecule has 0 atom stereocenters. The molecule has 3 nitrogen and oxygen atoms in total. The number of para-hydroxylation sites is 1. The fraction of sp³-hybridized carbons (Fsp3) is 0. The minimum atomic E-state index is -1.52. The van der Waals surface area contributed by atoms with Crippen LogP contribution >= 0.6 is 0 Å². The van der Waals surface area contributed by atoms with Gasteiger partial charge >= 0.3 is 7.12 Å². The predicted molar refractivity (Wildman–Crippen MR) is 108 cm³/mol. The third kappa shape index (κ3) is 2.10. The fourth-order valence-corrected chi connectivity index (χ4v) is 3.93. The molecule has 4 heteroatoms. The van der Waals surface area contributed by atoms with Crippen molar-refractivity contribution in [3.8, 4) is 5.69 Å². The van der Waals surface area contributed by atoms with Crippen molar-refractivity contribution < 1.29 is 10.0 Å². The molecule has 4 aromatic carbocycles. The van der Waals surface area contributed by atoms with Crippen LogP contribution in [0.25, 0.3) is 38.3 Å². The van der Waals surface area contributed by atoms with E-state index in [1.807, 2.05) is 42.5 Å². The van der Waals surface area contributed by atoms with Crippen molar-refractivity contribution in [1.29, 1.82) is 0 Å². The zero-order valence-electron chi connectivity index (χ0n) is 14.0. The average Bonchev–Trinajstić information content (AvgIpc) is 3.03. The molecule has 0 saturated heterocycles. The van der Waals surface area contributed by atoms with E-state index in [0.29, 0.717) is 5.46 Å². The average molecular weight is 337 g/mol. The highest BCUT2D eigenvalue weighted by atomic mass is 16.4. The van der Waals surface area contributed by atoms with Crippen molar-refractivity contribution in [2.45, 2.75) is 0 Å². The van der Waals surface area contributed by atoms with Gasteiger partial charge in [0.25, 0.3) is 0 Å². The van der Waals surface area contributed by atoms with Crippen LogP contribution in [0.3, 0.4) is 0 Å². The smallest absolute Gasteiger partial charge is 0.423 e. The van der Waals surface area contributed by atoms with Gasteiger partial charge in [0, 0.05) is 16.5 Å². The number of rotatable bonds is 2. The van der Waals surface area contributed by atoms with Gasteiger partial charge in [-0.1, -0.05) is 60.7 Å². The van der Waals surface area contributed by atoms with Crippen LogP contribution in [0.2, 0.25) is 0 Å². The molecule has 2 N–H and O–H groups in total. The normalized spacial score (nSPS) is 11.5. The van der Waals surface area contributed by atoms with E-state index < -0.39 is 7.12 Å². The van der Waals surface area contributed by atoms with Crippen LogP contribution in [0, 0.1) is 0 Å². The topological polar surface area (TPSA) is 45.4 Å². The summed E-state index contributed by atoms with van der Waals surface area (Å²) in [6.45, 7) is 0. The molecule has 0 aliphatic heterocycles. The van der Waals surface area contributed by atoms with Gasteiger partial charge in [-0.2, -0.15) is 0 Å². The number of hydrogen-bond donors (Lipinski definition) is 2. The van der Waals surface area contributed by atoms with E-state index >= 15 is 0 Å². The minimum Gasteiger partial charge on any atom is -0.423 e. The molecular weight excluding hydrogens is 321 g/mol. The molecule has 124 valence electrons. The lowest BCUT2D eigenvalue weighted by atomic mass is 9.77. The Morgan fingerprint density at radius 2 is 1.35 bits per heavy atom. The van der Waals surface area contributed by atoms with Gasteiger partial charge in [0.2, 0.25) is 0 Å². The van der Waals surface area contributed by atoms with Crippen molar-refractivity contribution in [2.75, 3.05) is 0 Å². The summed E-state index contributed by atoms with van der Waals surface area (Å²) in [6.07, 6.45) is 0. The second-order valence-electron chi connectivity index (χ2n) is 6.47. The van der Waals surface area contributed by atoms with Crippen LogP contribution in [0.5, 0.6) is 0 Å². The molecule has 0 fully saturated rings. The van der Waals surface area contributed by atoms with Crippen LogP contribution < -0.4 is 5.46 Å². The zero-order valence-corrected chi connectivity index (χ0v) is 14.0. The number of fused-ring (bicyclic) bond motifs is 5. The standard InChI is InChI=1S/C22H16BNO2/c25-23(26)18-11-6-12-19-22(18)21-17-10-5-4-7-15(17)13-14-20(21)24(19)16-8-2-1-3-9-16/h1-14,25-26H. The molecule has 0 aliphatic carbocycles. The van der Waals surface area contributed by atoms with E-state index in [1.165, 1.54) is 0 Å². The molecule has 5 aromatic rings. The highest BCUT2D eigenvalue weighted by Gasteiger charge is 2.22. The molecule has 0 unspecified atom stereocenters. The van der Waals surface area contributed by atoms with Gasteiger partial charge in [0.15, 0.2) is 0 Å². The van der Waals surface area contributed by atoms with Crippen LogP contribution in [0.4, 0.5) is 0 Å². The SMILES string of the molecule is OB(O)c1cccc2c1c1c3ccccc3ccc1n2-c1ccccc1. The summed E-state index contributed by atoms with van der Waals surface area (Å²) in [5.41, 5.74) is 3.59. The van der Waals surface area contributed by atoms with Gasteiger partial charge in [-0.15, -0.1) is 0 Å². The van der Waals surface area contributed by atoms with Gasteiger partial charge < -0.3 is 14.6 Å². The predicted octanol–water partition coefficient (Wildman–Crippen LogP) is 3.62. The summed E-state index contributed by atoms with van der Waals surface area (Å²) >= 11 is 0. The molecule has 1 aromatic heterocycles. The Labute approximate surface area is 150 Å². The number of benzene rings is 4. The largest absolute Gasteiger partial charge is 0.489 e. The summed E-state index contributed by atoms with van der Waals surface area (Å²) < 4.78 is 2.18. The van der Waals surface area contributed by atoms with Crippen LogP contribution in [-0.2, 0) is 0 Å². The first-order valence-corrected chi connectivity index (χ1v) is 8.62. The molecule has 5 rings (SSSR count). The van der Waals surface area contributed by atoms with E-state index in [0.717, 1.165) is 38.3 Å².